The van der Waals surface area contributed by atoms with Gasteiger partial charge < -0.3 is 10.2 Å². The van der Waals surface area contributed by atoms with E-state index in [0.29, 0.717) is 5.92 Å². The minimum atomic E-state index is 0.602. The summed E-state index contributed by atoms with van der Waals surface area (Å²) in [6.45, 7) is 4.19. The Bertz CT molecular complexity index is 644. The average molecular weight is 308 g/mol. The molecule has 4 rings (SSSR count). The number of aromatic nitrogens is 2. The van der Waals surface area contributed by atoms with Crippen molar-refractivity contribution in [3.63, 3.8) is 0 Å². The van der Waals surface area contributed by atoms with Crippen LogP contribution in [0.1, 0.15) is 37.3 Å². The first-order chi connectivity index (χ1) is 11.4. The molecule has 120 valence electrons. The SMILES string of the molecule is c1ccc(-c2ncc(N3CCNCC3)c(C3CCCC3)n2)cc1. The number of nitrogens with one attached hydrogen (secondary N) is 1. The molecule has 0 radical (unpaired) electrons. The van der Waals surface area contributed by atoms with Gasteiger partial charge in [0.15, 0.2) is 5.82 Å². The molecule has 0 amide bonds. The second kappa shape index (κ2) is 6.67. The van der Waals surface area contributed by atoms with Crippen LogP contribution in [-0.4, -0.2) is 36.1 Å². The first-order valence-corrected chi connectivity index (χ1v) is 8.80. The highest BCUT2D eigenvalue weighted by molar-refractivity contribution is 5.59. The molecule has 1 aromatic carbocycles. The average Bonchev–Trinajstić information content (AvgIpc) is 3.17. The zero-order valence-electron chi connectivity index (χ0n) is 13.5. The van der Waals surface area contributed by atoms with Gasteiger partial charge in [-0.15, -0.1) is 0 Å². The van der Waals surface area contributed by atoms with E-state index in [0.717, 1.165) is 37.6 Å². The summed E-state index contributed by atoms with van der Waals surface area (Å²) in [5, 5.41) is 3.43. The van der Waals surface area contributed by atoms with Crippen LogP contribution in [0.5, 0.6) is 0 Å². The van der Waals surface area contributed by atoms with Gasteiger partial charge in [-0.2, -0.15) is 0 Å². The maximum absolute atomic E-state index is 5.03. The number of rotatable bonds is 3. The van der Waals surface area contributed by atoms with Crippen molar-refractivity contribution in [2.24, 2.45) is 0 Å². The third kappa shape index (κ3) is 3.08. The molecule has 0 spiro atoms. The Morgan fingerprint density at radius 3 is 2.48 bits per heavy atom. The van der Waals surface area contributed by atoms with Crippen molar-refractivity contribution < 1.29 is 0 Å². The van der Waals surface area contributed by atoms with Gasteiger partial charge in [0.1, 0.15) is 0 Å². The molecule has 2 fully saturated rings. The molecule has 2 aliphatic rings. The van der Waals surface area contributed by atoms with Crippen LogP contribution in [0.2, 0.25) is 0 Å². The lowest BCUT2D eigenvalue weighted by atomic mass is 10.0. The van der Waals surface area contributed by atoms with Crippen LogP contribution in [0.25, 0.3) is 11.4 Å². The van der Waals surface area contributed by atoms with Gasteiger partial charge in [-0.3, -0.25) is 0 Å². The van der Waals surface area contributed by atoms with Crippen LogP contribution in [0.3, 0.4) is 0 Å². The molecule has 1 saturated heterocycles. The Morgan fingerprint density at radius 1 is 1.00 bits per heavy atom. The Morgan fingerprint density at radius 2 is 1.74 bits per heavy atom. The monoisotopic (exact) mass is 308 g/mol. The van der Waals surface area contributed by atoms with E-state index < -0.39 is 0 Å². The molecule has 1 aliphatic carbocycles. The molecule has 1 aromatic heterocycles. The number of hydrogen-bond donors (Lipinski definition) is 1. The van der Waals surface area contributed by atoms with Gasteiger partial charge in [0.05, 0.1) is 17.6 Å². The second-order valence-electron chi connectivity index (χ2n) is 6.55. The number of anilines is 1. The largest absolute Gasteiger partial charge is 0.366 e. The Kier molecular flexibility index (Phi) is 4.24. The van der Waals surface area contributed by atoms with Crippen molar-refractivity contribution in [2.75, 3.05) is 31.1 Å². The van der Waals surface area contributed by atoms with Gasteiger partial charge in [-0.25, -0.2) is 9.97 Å². The van der Waals surface area contributed by atoms with Crippen LogP contribution in [0.15, 0.2) is 36.5 Å². The molecule has 4 nitrogen and oxygen atoms in total. The van der Waals surface area contributed by atoms with Gasteiger partial charge in [-0.05, 0) is 12.8 Å². The van der Waals surface area contributed by atoms with E-state index in [1.807, 2.05) is 6.07 Å². The molecule has 2 aromatic rings. The van der Waals surface area contributed by atoms with Crippen molar-refractivity contribution in [1.29, 1.82) is 0 Å². The molecule has 1 aliphatic heterocycles. The zero-order chi connectivity index (χ0) is 15.5. The summed E-state index contributed by atoms with van der Waals surface area (Å²) in [5.41, 5.74) is 3.65. The normalized spacial score (nSPS) is 19.2. The number of piperazine rings is 1. The van der Waals surface area contributed by atoms with Crippen LogP contribution in [-0.2, 0) is 0 Å². The Balaban J connectivity index is 1.73. The highest BCUT2D eigenvalue weighted by Gasteiger charge is 2.25. The van der Waals surface area contributed by atoms with Gasteiger partial charge in [0.25, 0.3) is 0 Å². The molecule has 23 heavy (non-hydrogen) atoms. The summed E-state index contributed by atoms with van der Waals surface area (Å²) in [5.74, 6) is 1.47. The highest BCUT2D eigenvalue weighted by atomic mass is 15.2. The maximum atomic E-state index is 5.03. The second-order valence-corrected chi connectivity index (χ2v) is 6.55. The summed E-state index contributed by atoms with van der Waals surface area (Å²) in [6, 6.07) is 10.3. The van der Waals surface area contributed by atoms with Crippen molar-refractivity contribution in [3.8, 4) is 11.4 Å². The van der Waals surface area contributed by atoms with Crippen LogP contribution >= 0.6 is 0 Å². The molecule has 0 atom stereocenters. The summed E-state index contributed by atoms with van der Waals surface area (Å²) >= 11 is 0. The van der Waals surface area contributed by atoms with E-state index in [2.05, 4.69) is 45.7 Å². The predicted molar refractivity (Wildman–Crippen MR) is 93.8 cm³/mol. The molecular weight excluding hydrogens is 284 g/mol. The molecule has 0 unspecified atom stereocenters. The van der Waals surface area contributed by atoms with Crippen molar-refractivity contribution in [1.82, 2.24) is 15.3 Å². The van der Waals surface area contributed by atoms with Gasteiger partial charge in [0.2, 0.25) is 0 Å². The number of hydrogen-bond acceptors (Lipinski definition) is 4. The van der Waals surface area contributed by atoms with Gasteiger partial charge in [-0.1, -0.05) is 43.2 Å². The van der Waals surface area contributed by atoms with E-state index in [9.17, 15) is 0 Å². The highest BCUT2D eigenvalue weighted by Crippen LogP contribution is 2.38. The quantitative estimate of drug-likeness (QED) is 0.945. The van der Waals surface area contributed by atoms with Crippen molar-refractivity contribution in [3.05, 3.63) is 42.2 Å². The first kappa shape index (κ1) is 14.6. The van der Waals surface area contributed by atoms with E-state index in [1.165, 1.54) is 37.1 Å². The van der Waals surface area contributed by atoms with E-state index in [-0.39, 0.29) is 0 Å². The maximum Gasteiger partial charge on any atom is 0.159 e. The van der Waals surface area contributed by atoms with E-state index in [4.69, 9.17) is 4.98 Å². The lowest BCUT2D eigenvalue weighted by Crippen LogP contribution is -2.44. The topological polar surface area (TPSA) is 41.1 Å². The lowest BCUT2D eigenvalue weighted by molar-refractivity contribution is 0.581. The fraction of sp³-hybridized carbons (Fsp3) is 0.474. The Hall–Kier alpha value is -1.94. The van der Waals surface area contributed by atoms with Gasteiger partial charge >= 0.3 is 0 Å². The minimum Gasteiger partial charge on any atom is -0.366 e. The molecule has 0 bridgehead atoms. The van der Waals surface area contributed by atoms with Crippen LogP contribution < -0.4 is 10.2 Å². The molecular formula is C19H24N4. The number of benzene rings is 1. The third-order valence-corrected chi connectivity index (χ3v) is 5.03. The van der Waals surface area contributed by atoms with Crippen LogP contribution in [0, 0.1) is 0 Å². The molecule has 2 heterocycles. The summed E-state index contributed by atoms with van der Waals surface area (Å²) < 4.78 is 0. The summed E-state index contributed by atoms with van der Waals surface area (Å²) in [7, 11) is 0. The standard InChI is InChI=1S/C19H24N4/c1-2-8-16(9-3-1)19-21-14-17(23-12-10-20-11-13-23)18(22-19)15-6-4-5-7-15/h1-3,8-9,14-15,20H,4-7,10-13H2. The van der Waals surface area contributed by atoms with Crippen molar-refractivity contribution >= 4 is 5.69 Å². The van der Waals surface area contributed by atoms with Crippen LogP contribution in [0.4, 0.5) is 5.69 Å². The van der Waals surface area contributed by atoms with E-state index in [1.54, 1.807) is 0 Å². The predicted octanol–water partition coefficient (Wildman–Crippen LogP) is 3.21. The van der Waals surface area contributed by atoms with Crippen molar-refractivity contribution in [2.45, 2.75) is 31.6 Å². The van der Waals surface area contributed by atoms with E-state index >= 15 is 0 Å². The zero-order valence-corrected chi connectivity index (χ0v) is 13.5. The number of nitrogens with zero attached hydrogens (tertiary/aromatic N) is 3. The third-order valence-electron chi connectivity index (χ3n) is 5.03. The molecule has 1 N–H and O–H groups in total. The first-order valence-electron chi connectivity index (χ1n) is 8.80. The summed E-state index contributed by atoms with van der Waals surface area (Å²) in [6.07, 6.45) is 7.26. The molecule has 4 heteroatoms. The minimum absolute atomic E-state index is 0.602. The Labute approximate surface area is 138 Å². The lowest BCUT2D eigenvalue weighted by Gasteiger charge is -2.31. The van der Waals surface area contributed by atoms with Gasteiger partial charge in [0, 0.05) is 37.7 Å². The molecule has 1 saturated carbocycles. The smallest absolute Gasteiger partial charge is 0.159 e. The summed E-state index contributed by atoms with van der Waals surface area (Å²) in [4.78, 5) is 12.2. The fourth-order valence-electron chi connectivity index (χ4n) is 3.76. The fourth-order valence-corrected chi connectivity index (χ4v) is 3.76.